The Balaban J connectivity index is 1.81. The molecule has 0 fully saturated rings. The maximum atomic E-state index is 4.54. The number of fused-ring (bicyclic) bond motifs is 1. The van der Waals surface area contributed by atoms with Crippen LogP contribution in [0.5, 0.6) is 0 Å². The van der Waals surface area contributed by atoms with Gasteiger partial charge < -0.3 is 9.88 Å². The highest BCUT2D eigenvalue weighted by molar-refractivity contribution is 5.16. The SMILES string of the molecule is CCNC(C)CCCn1cnc2c1CCCC2. The molecular formula is C14H25N3. The summed E-state index contributed by atoms with van der Waals surface area (Å²) in [6.45, 7) is 6.65. The van der Waals surface area contributed by atoms with E-state index in [9.17, 15) is 0 Å². The standard InChI is InChI=1S/C14H25N3/c1-3-15-12(2)7-6-10-17-11-16-13-8-4-5-9-14(13)17/h11-12,15H,3-10H2,1-2H3. The van der Waals surface area contributed by atoms with E-state index >= 15 is 0 Å². The van der Waals surface area contributed by atoms with E-state index in [2.05, 4.69) is 28.7 Å². The van der Waals surface area contributed by atoms with Gasteiger partial charge in [0.2, 0.25) is 0 Å². The van der Waals surface area contributed by atoms with Crippen LogP contribution in [0.2, 0.25) is 0 Å². The third-order valence-electron chi connectivity index (χ3n) is 3.70. The van der Waals surface area contributed by atoms with Crippen molar-refractivity contribution in [2.24, 2.45) is 0 Å². The fraction of sp³-hybridized carbons (Fsp3) is 0.786. The van der Waals surface area contributed by atoms with Gasteiger partial charge in [-0.1, -0.05) is 6.92 Å². The number of hydrogen-bond acceptors (Lipinski definition) is 2. The first-order valence-electron chi connectivity index (χ1n) is 7.07. The van der Waals surface area contributed by atoms with Gasteiger partial charge in [0.15, 0.2) is 0 Å². The molecule has 0 amide bonds. The second-order valence-electron chi connectivity index (χ2n) is 5.14. The van der Waals surface area contributed by atoms with E-state index in [4.69, 9.17) is 0 Å². The lowest BCUT2D eigenvalue weighted by Crippen LogP contribution is -2.25. The predicted molar refractivity (Wildman–Crippen MR) is 71.2 cm³/mol. The second kappa shape index (κ2) is 6.20. The van der Waals surface area contributed by atoms with Gasteiger partial charge in [-0.3, -0.25) is 0 Å². The number of aromatic nitrogens is 2. The van der Waals surface area contributed by atoms with E-state index in [-0.39, 0.29) is 0 Å². The van der Waals surface area contributed by atoms with Gasteiger partial charge in [-0.05, 0) is 52.0 Å². The molecule has 1 aliphatic rings. The molecule has 1 aromatic heterocycles. The summed E-state index contributed by atoms with van der Waals surface area (Å²) in [5.41, 5.74) is 2.86. The first kappa shape index (κ1) is 12.6. The van der Waals surface area contributed by atoms with Crippen LogP contribution in [0.3, 0.4) is 0 Å². The molecule has 0 aromatic carbocycles. The van der Waals surface area contributed by atoms with E-state index in [1.54, 1.807) is 0 Å². The highest BCUT2D eigenvalue weighted by Crippen LogP contribution is 2.20. The van der Waals surface area contributed by atoms with Crippen LogP contribution in [0, 0.1) is 0 Å². The van der Waals surface area contributed by atoms with Crippen LogP contribution in [0.1, 0.15) is 50.9 Å². The molecule has 0 bridgehead atoms. The zero-order valence-corrected chi connectivity index (χ0v) is 11.2. The van der Waals surface area contributed by atoms with Crippen molar-refractivity contribution in [3.05, 3.63) is 17.7 Å². The van der Waals surface area contributed by atoms with Crippen molar-refractivity contribution in [3.8, 4) is 0 Å². The van der Waals surface area contributed by atoms with Crippen molar-refractivity contribution in [2.45, 2.75) is 65.0 Å². The van der Waals surface area contributed by atoms with E-state index in [0.717, 1.165) is 13.1 Å². The van der Waals surface area contributed by atoms with E-state index in [1.807, 2.05) is 6.33 Å². The summed E-state index contributed by atoms with van der Waals surface area (Å²) in [7, 11) is 0. The molecule has 3 heteroatoms. The molecule has 1 atom stereocenters. The molecule has 17 heavy (non-hydrogen) atoms. The summed E-state index contributed by atoms with van der Waals surface area (Å²) in [6.07, 6.45) is 9.63. The zero-order valence-electron chi connectivity index (χ0n) is 11.2. The topological polar surface area (TPSA) is 29.9 Å². The monoisotopic (exact) mass is 235 g/mol. The molecule has 1 heterocycles. The number of nitrogens with zero attached hydrogens (tertiary/aromatic N) is 2. The summed E-state index contributed by atoms with van der Waals surface area (Å²) in [5, 5.41) is 3.46. The van der Waals surface area contributed by atoms with Crippen LogP contribution in [-0.2, 0) is 19.4 Å². The van der Waals surface area contributed by atoms with Crippen LogP contribution in [0.15, 0.2) is 6.33 Å². The number of hydrogen-bond donors (Lipinski definition) is 1. The summed E-state index contributed by atoms with van der Waals surface area (Å²) in [4.78, 5) is 4.54. The maximum absolute atomic E-state index is 4.54. The Hall–Kier alpha value is -0.830. The van der Waals surface area contributed by atoms with Gasteiger partial charge in [-0.15, -0.1) is 0 Å². The molecule has 1 aromatic rings. The van der Waals surface area contributed by atoms with Gasteiger partial charge in [0.25, 0.3) is 0 Å². The van der Waals surface area contributed by atoms with Gasteiger partial charge in [-0.25, -0.2) is 4.98 Å². The molecular weight excluding hydrogens is 210 g/mol. The van der Waals surface area contributed by atoms with Crippen molar-refractivity contribution in [2.75, 3.05) is 6.54 Å². The minimum atomic E-state index is 0.638. The van der Waals surface area contributed by atoms with Crippen molar-refractivity contribution >= 4 is 0 Å². The van der Waals surface area contributed by atoms with Gasteiger partial charge >= 0.3 is 0 Å². The van der Waals surface area contributed by atoms with E-state index in [0.29, 0.717) is 6.04 Å². The fourth-order valence-electron chi connectivity index (χ4n) is 2.74. The molecule has 0 radical (unpaired) electrons. The molecule has 1 N–H and O–H groups in total. The lowest BCUT2D eigenvalue weighted by Gasteiger charge is -2.15. The summed E-state index contributed by atoms with van der Waals surface area (Å²) < 4.78 is 2.38. The van der Waals surface area contributed by atoms with Crippen LogP contribution in [-0.4, -0.2) is 22.1 Å². The Morgan fingerprint density at radius 2 is 2.24 bits per heavy atom. The van der Waals surface area contributed by atoms with Crippen LogP contribution >= 0.6 is 0 Å². The number of imidazole rings is 1. The number of nitrogens with one attached hydrogen (secondary N) is 1. The van der Waals surface area contributed by atoms with Gasteiger partial charge in [0.05, 0.1) is 12.0 Å². The minimum absolute atomic E-state index is 0.638. The number of aryl methyl sites for hydroxylation is 2. The van der Waals surface area contributed by atoms with Crippen molar-refractivity contribution in [3.63, 3.8) is 0 Å². The molecule has 1 aliphatic carbocycles. The quantitative estimate of drug-likeness (QED) is 0.821. The molecule has 0 saturated heterocycles. The molecule has 2 rings (SSSR count). The lowest BCUT2D eigenvalue weighted by molar-refractivity contribution is 0.479. The Labute approximate surface area is 105 Å². The van der Waals surface area contributed by atoms with Crippen LogP contribution in [0.4, 0.5) is 0 Å². The number of rotatable bonds is 6. The smallest absolute Gasteiger partial charge is 0.0951 e. The van der Waals surface area contributed by atoms with Crippen molar-refractivity contribution < 1.29 is 0 Å². The first-order chi connectivity index (χ1) is 8.31. The Kier molecular flexibility index (Phi) is 4.60. The summed E-state index contributed by atoms with van der Waals surface area (Å²) >= 11 is 0. The molecule has 96 valence electrons. The highest BCUT2D eigenvalue weighted by Gasteiger charge is 2.14. The van der Waals surface area contributed by atoms with Gasteiger partial charge in [0.1, 0.15) is 0 Å². The van der Waals surface area contributed by atoms with Gasteiger partial charge in [-0.2, -0.15) is 0 Å². The third-order valence-corrected chi connectivity index (χ3v) is 3.70. The normalized spacial score (nSPS) is 16.8. The lowest BCUT2D eigenvalue weighted by atomic mass is 10.0. The Bertz CT molecular complexity index is 343. The van der Waals surface area contributed by atoms with Crippen LogP contribution < -0.4 is 5.32 Å². The largest absolute Gasteiger partial charge is 0.334 e. The predicted octanol–water partition coefficient (Wildman–Crippen LogP) is 2.54. The second-order valence-corrected chi connectivity index (χ2v) is 5.14. The van der Waals surface area contributed by atoms with Crippen molar-refractivity contribution in [1.29, 1.82) is 0 Å². The highest BCUT2D eigenvalue weighted by atomic mass is 15.1. The van der Waals surface area contributed by atoms with Gasteiger partial charge in [0, 0.05) is 18.3 Å². The Morgan fingerprint density at radius 1 is 1.41 bits per heavy atom. The molecule has 0 aliphatic heterocycles. The molecule has 0 saturated carbocycles. The molecule has 3 nitrogen and oxygen atoms in total. The zero-order chi connectivity index (χ0) is 12.1. The van der Waals surface area contributed by atoms with Crippen molar-refractivity contribution in [1.82, 2.24) is 14.9 Å². The average molecular weight is 235 g/mol. The molecule has 0 spiro atoms. The van der Waals surface area contributed by atoms with Crippen LogP contribution in [0.25, 0.3) is 0 Å². The first-order valence-corrected chi connectivity index (χ1v) is 7.07. The Morgan fingerprint density at radius 3 is 3.06 bits per heavy atom. The molecule has 1 unspecified atom stereocenters. The summed E-state index contributed by atoms with van der Waals surface area (Å²) in [5.74, 6) is 0. The third kappa shape index (κ3) is 3.32. The van der Waals surface area contributed by atoms with E-state index < -0.39 is 0 Å². The van der Waals surface area contributed by atoms with E-state index in [1.165, 1.54) is 49.9 Å². The maximum Gasteiger partial charge on any atom is 0.0951 e. The minimum Gasteiger partial charge on any atom is -0.334 e. The summed E-state index contributed by atoms with van der Waals surface area (Å²) in [6, 6.07) is 0.638. The average Bonchev–Trinajstić information content (AvgIpc) is 2.73. The fourth-order valence-corrected chi connectivity index (χ4v) is 2.74.